The third-order valence-corrected chi connectivity index (χ3v) is 6.94. The van der Waals surface area contributed by atoms with Crippen LogP contribution in [-0.4, -0.2) is 29.4 Å². The van der Waals surface area contributed by atoms with Gasteiger partial charge in [0.05, 0.1) is 16.8 Å². The van der Waals surface area contributed by atoms with Crippen LogP contribution in [0.3, 0.4) is 0 Å². The molecule has 0 radical (unpaired) electrons. The zero-order valence-electron chi connectivity index (χ0n) is 21.7. The van der Waals surface area contributed by atoms with Gasteiger partial charge in [-0.3, -0.25) is 14.3 Å². The van der Waals surface area contributed by atoms with E-state index in [1.807, 2.05) is 25.1 Å². The highest BCUT2D eigenvalue weighted by Crippen LogP contribution is 2.22. The molecule has 4 rings (SSSR count). The number of amides is 2. The average molecular weight is 558 g/mol. The number of rotatable bonds is 11. The molecular formula is C31H28FN3O4S. The first-order valence-electron chi connectivity index (χ1n) is 12.7. The third-order valence-electron chi connectivity index (χ3n) is 6.02. The summed E-state index contributed by atoms with van der Waals surface area (Å²) in [5.41, 5.74) is 3.43. The lowest BCUT2D eigenvalue weighted by molar-refractivity contribution is 0.0696. The van der Waals surface area contributed by atoms with Crippen LogP contribution in [0.15, 0.2) is 95.9 Å². The number of carbonyl (C=O) groups is 3. The Kier molecular flexibility index (Phi) is 9.66. The summed E-state index contributed by atoms with van der Waals surface area (Å²) < 4.78 is 17.2. The fourth-order valence-corrected chi connectivity index (χ4v) is 4.56. The van der Waals surface area contributed by atoms with E-state index in [2.05, 4.69) is 15.4 Å². The van der Waals surface area contributed by atoms with Gasteiger partial charge in [0.25, 0.3) is 11.8 Å². The van der Waals surface area contributed by atoms with Crippen molar-refractivity contribution in [2.45, 2.75) is 24.7 Å². The van der Waals surface area contributed by atoms with Crippen LogP contribution < -0.4 is 15.4 Å². The lowest BCUT2D eigenvalue weighted by atomic mass is 10.0. The second-order valence-electron chi connectivity index (χ2n) is 8.92. The van der Waals surface area contributed by atoms with Gasteiger partial charge in [-0.15, -0.1) is 0 Å². The molecule has 9 heteroatoms. The van der Waals surface area contributed by atoms with Crippen LogP contribution in [0.5, 0.6) is 0 Å². The molecule has 0 aliphatic carbocycles. The number of carboxylic acid groups (broad SMARTS) is 1. The minimum absolute atomic E-state index is 0.000383. The zero-order valence-corrected chi connectivity index (χ0v) is 22.6. The Morgan fingerprint density at radius 3 is 2.10 bits per heavy atom. The molecule has 40 heavy (non-hydrogen) atoms. The van der Waals surface area contributed by atoms with Gasteiger partial charge >= 0.3 is 5.97 Å². The molecule has 0 aliphatic heterocycles. The van der Waals surface area contributed by atoms with E-state index in [4.69, 9.17) is 5.11 Å². The molecule has 7 nitrogen and oxygen atoms in total. The van der Waals surface area contributed by atoms with Gasteiger partial charge in [0.2, 0.25) is 0 Å². The van der Waals surface area contributed by atoms with E-state index in [-0.39, 0.29) is 16.8 Å². The quantitative estimate of drug-likeness (QED) is 0.158. The Hall–Kier alpha value is -4.47. The van der Waals surface area contributed by atoms with Crippen LogP contribution in [0.4, 0.5) is 15.8 Å². The van der Waals surface area contributed by atoms with E-state index in [0.717, 1.165) is 41.5 Å². The maximum absolute atomic E-state index is 14.1. The third kappa shape index (κ3) is 7.78. The van der Waals surface area contributed by atoms with Gasteiger partial charge in [0.15, 0.2) is 0 Å². The molecule has 0 unspecified atom stereocenters. The summed E-state index contributed by atoms with van der Waals surface area (Å²) in [6, 6.07) is 24.7. The van der Waals surface area contributed by atoms with E-state index in [1.54, 1.807) is 54.6 Å². The highest BCUT2D eigenvalue weighted by Gasteiger charge is 2.16. The molecule has 0 atom stereocenters. The van der Waals surface area contributed by atoms with Crippen LogP contribution in [0.2, 0.25) is 0 Å². The minimum Gasteiger partial charge on any atom is -0.478 e. The minimum atomic E-state index is -0.957. The Balaban J connectivity index is 1.40. The lowest BCUT2D eigenvalue weighted by Gasteiger charge is -2.13. The number of halogens is 1. The number of carbonyl (C=O) groups excluding carboxylic acids is 2. The monoisotopic (exact) mass is 557 g/mol. The van der Waals surface area contributed by atoms with Crippen LogP contribution in [-0.2, 0) is 12.8 Å². The molecule has 0 saturated carbocycles. The number of anilines is 2. The fraction of sp³-hybridized carbons (Fsp3) is 0.129. The Labute approximate surface area is 236 Å². The number of hydrogen-bond donors (Lipinski definition) is 4. The summed E-state index contributed by atoms with van der Waals surface area (Å²) >= 11 is 1.41. The van der Waals surface area contributed by atoms with Gasteiger partial charge in [-0.1, -0.05) is 37.3 Å². The number of nitrogens with one attached hydrogen (secondary N) is 3. The van der Waals surface area contributed by atoms with Crippen molar-refractivity contribution in [2.75, 3.05) is 17.2 Å². The first-order valence-corrected chi connectivity index (χ1v) is 13.5. The van der Waals surface area contributed by atoms with Gasteiger partial charge in [-0.25, -0.2) is 9.18 Å². The van der Waals surface area contributed by atoms with Gasteiger partial charge < -0.3 is 15.7 Å². The summed E-state index contributed by atoms with van der Waals surface area (Å²) in [7, 11) is 0. The highest BCUT2D eigenvalue weighted by molar-refractivity contribution is 7.97. The van der Waals surface area contributed by atoms with Crippen LogP contribution in [0.25, 0.3) is 0 Å². The second-order valence-corrected chi connectivity index (χ2v) is 9.89. The predicted molar refractivity (Wildman–Crippen MR) is 156 cm³/mol. The standard InChI is InChI=1S/C31H28FN3O4S/c1-2-33-40-26-5-3-4-23(18-26)29(36)35-28-17-14-24(32)19-27(28)30(37)34-25-15-10-21(11-16-25)7-6-20-8-12-22(13-9-20)31(38)39/h3-5,8-19,33H,2,6-7H2,1H3,(H,34,37)(H,35,36)(H,38,39). The molecule has 0 fully saturated rings. The van der Waals surface area contributed by atoms with E-state index in [0.29, 0.717) is 11.3 Å². The largest absolute Gasteiger partial charge is 0.478 e. The maximum atomic E-state index is 14.1. The molecule has 4 aromatic carbocycles. The van der Waals surface area contributed by atoms with E-state index in [9.17, 15) is 18.8 Å². The van der Waals surface area contributed by atoms with Gasteiger partial charge in [-0.05, 0) is 96.6 Å². The van der Waals surface area contributed by atoms with E-state index in [1.165, 1.54) is 24.1 Å². The Morgan fingerprint density at radius 1 is 0.775 bits per heavy atom. The zero-order chi connectivity index (χ0) is 28.5. The number of aryl methyl sites for hydroxylation is 2. The van der Waals surface area contributed by atoms with Gasteiger partial charge in [0.1, 0.15) is 5.82 Å². The van der Waals surface area contributed by atoms with E-state index < -0.39 is 23.6 Å². The van der Waals surface area contributed by atoms with Crippen molar-refractivity contribution in [1.29, 1.82) is 0 Å². The summed E-state index contributed by atoms with van der Waals surface area (Å²) in [5, 5.41) is 14.5. The van der Waals surface area contributed by atoms with Crippen molar-refractivity contribution < 1.29 is 23.9 Å². The molecule has 2 amide bonds. The Morgan fingerprint density at radius 2 is 1.45 bits per heavy atom. The van der Waals surface area contributed by atoms with Gasteiger partial charge in [-0.2, -0.15) is 0 Å². The molecule has 0 aromatic heterocycles. The summed E-state index contributed by atoms with van der Waals surface area (Å²) in [6.45, 7) is 2.74. The number of hydrogen-bond acceptors (Lipinski definition) is 5. The second kappa shape index (κ2) is 13.5. The molecule has 4 aromatic rings. The predicted octanol–water partition coefficient (Wildman–Crippen LogP) is 6.43. The van der Waals surface area contributed by atoms with Crippen molar-refractivity contribution in [3.8, 4) is 0 Å². The van der Waals surface area contributed by atoms with Crippen LogP contribution in [0.1, 0.15) is 49.1 Å². The molecule has 0 bridgehead atoms. The molecule has 0 aliphatic rings. The summed E-state index contributed by atoms with van der Waals surface area (Å²) in [4.78, 5) is 37.8. The topological polar surface area (TPSA) is 108 Å². The van der Waals surface area contributed by atoms with Crippen LogP contribution in [0, 0.1) is 5.82 Å². The Bertz CT molecular complexity index is 1510. The maximum Gasteiger partial charge on any atom is 0.335 e. The smallest absolute Gasteiger partial charge is 0.335 e. The molecule has 204 valence electrons. The molecule has 0 heterocycles. The summed E-state index contributed by atoms with van der Waals surface area (Å²) in [5.74, 6) is -2.53. The first-order chi connectivity index (χ1) is 19.3. The average Bonchev–Trinajstić information content (AvgIpc) is 2.97. The molecule has 0 spiro atoms. The first kappa shape index (κ1) is 28.5. The van der Waals surface area contributed by atoms with Crippen LogP contribution >= 0.6 is 11.9 Å². The van der Waals surface area contributed by atoms with Crippen molar-refractivity contribution in [3.05, 3.63) is 125 Å². The SMILES string of the molecule is CCNSc1cccc(C(=O)Nc2ccc(F)cc2C(=O)Nc2ccc(CCc3ccc(C(=O)O)cc3)cc2)c1. The summed E-state index contributed by atoms with van der Waals surface area (Å²) in [6.07, 6.45) is 1.46. The van der Waals surface area contributed by atoms with Crippen molar-refractivity contribution >= 4 is 41.1 Å². The van der Waals surface area contributed by atoms with Crippen molar-refractivity contribution in [1.82, 2.24) is 4.72 Å². The number of benzene rings is 4. The van der Waals surface area contributed by atoms with E-state index >= 15 is 0 Å². The normalized spacial score (nSPS) is 10.7. The van der Waals surface area contributed by atoms with Crippen molar-refractivity contribution in [2.24, 2.45) is 0 Å². The number of carboxylic acids is 1. The lowest BCUT2D eigenvalue weighted by Crippen LogP contribution is -2.18. The highest BCUT2D eigenvalue weighted by atomic mass is 32.2. The van der Waals surface area contributed by atoms with Gasteiger partial charge in [0, 0.05) is 22.7 Å². The molecular weight excluding hydrogens is 529 g/mol. The molecule has 4 N–H and O–H groups in total. The fourth-order valence-electron chi connectivity index (χ4n) is 3.92. The van der Waals surface area contributed by atoms with Crippen molar-refractivity contribution in [3.63, 3.8) is 0 Å². The molecule has 0 saturated heterocycles. The number of aromatic carboxylic acids is 1.